The lowest BCUT2D eigenvalue weighted by Gasteiger charge is -2.12. The molecule has 0 saturated heterocycles. The monoisotopic (exact) mass is 278 g/mol. The molecular weight excluding hydrogens is 268 g/mol. The molecule has 2 aromatic rings. The summed E-state index contributed by atoms with van der Waals surface area (Å²) in [5.41, 5.74) is 6.57. The molecule has 0 atom stereocenters. The maximum Gasteiger partial charge on any atom is 0.268 e. The Morgan fingerprint density at radius 2 is 1.95 bits per heavy atom. The lowest BCUT2D eigenvalue weighted by atomic mass is 10.2. The average molecular weight is 278 g/mol. The second-order valence-electron chi connectivity index (χ2n) is 4.28. The third-order valence-corrected chi connectivity index (χ3v) is 3.00. The summed E-state index contributed by atoms with van der Waals surface area (Å²) in [7, 11) is 0. The molecule has 2 N–H and O–H groups in total. The van der Waals surface area contributed by atoms with E-state index in [0.29, 0.717) is 11.1 Å². The van der Waals surface area contributed by atoms with E-state index >= 15 is 0 Å². The zero-order chi connectivity index (χ0) is 14.8. The summed E-state index contributed by atoms with van der Waals surface area (Å²) in [4.78, 5) is 33.6. The number of hydrogen-bond acceptors (Lipinski definition) is 5. The molecule has 21 heavy (non-hydrogen) atoms. The van der Waals surface area contributed by atoms with Crippen LogP contribution in [0.4, 0.5) is 5.82 Å². The highest BCUT2D eigenvalue weighted by molar-refractivity contribution is 6.34. The van der Waals surface area contributed by atoms with E-state index in [0.717, 1.165) is 4.90 Å². The number of nitrogens with zero attached hydrogens (tertiary/aromatic N) is 3. The van der Waals surface area contributed by atoms with Crippen LogP contribution in [0.15, 0.2) is 36.8 Å². The van der Waals surface area contributed by atoms with Gasteiger partial charge in [-0.25, -0.2) is 9.88 Å². The van der Waals surface area contributed by atoms with E-state index in [9.17, 15) is 9.59 Å². The number of hydrogen-bond donors (Lipinski definition) is 1. The van der Waals surface area contributed by atoms with E-state index in [1.165, 1.54) is 24.7 Å². The van der Waals surface area contributed by atoms with Crippen LogP contribution >= 0.6 is 0 Å². The van der Waals surface area contributed by atoms with Crippen LogP contribution in [0.1, 0.15) is 26.3 Å². The number of carbonyl (C=O) groups is 2. The number of imide groups is 1. The molecule has 2 aromatic heterocycles. The Labute approximate surface area is 120 Å². The van der Waals surface area contributed by atoms with Gasteiger partial charge in [-0.1, -0.05) is 11.8 Å². The first-order valence-corrected chi connectivity index (χ1v) is 6.20. The molecule has 0 bridgehead atoms. The van der Waals surface area contributed by atoms with Crippen LogP contribution in [0.5, 0.6) is 0 Å². The van der Waals surface area contributed by atoms with Crippen molar-refractivity contribution in [3.63, 3.8) is 0 Å². The number of aromatic nitrogens is 2. The molecule has 0 unspecified atom stereocenters. The molecule has 0 saturated carbocycles. The Bertz CT molecular complexity index is 770. The Morgan fingerprint density at radius 1 is 1.14 bits per heavy atom. The molecule has 6 heteroatoms. The number of fused-ring (bicyclic) bond motifs is 1. The van der Waals surface area contributed by atoms with Gasteiger partial charge in [-0.05, 0) is 18.2 Å². The Kier molecular flexibility index (Phi) is 3.18. The van der Waals surface area contributed by atoms with Crippen molar-refractivity contribution in [2.45, 2.75) is 0 Å². The molecule has 1 aliphatic heterocycles. The van der Waals surface area contributed by atoms with Crippen LogP contribution in [0.25, 0.3) is 0 Å². The van der Waals surface area contributed by atoms with E-state index < -0.39 is 11.8 Å². The van der Waals surface area contributed by atoms with Gasteiger partial charge < -0.3 is 5.73 Å². The van der Waals surface area contributed by atoms with Crippen molar-refractivity contribution in [1.82, 2.24) is 9.97 Å². The van der Waals surface area contributed by atoms with Gasteiger partial charge in [0.25, 0.3) is 11.8 Å². The zero-order valence-corrected chi connectivity index (χ0v) is 10.9. The van der Waals surface area contributed by atoms with Crippen LogP contribution < -0.4 is 10.6 Å². The van der Waals surface area contributed by atoms with Gasteiger partial charge >= 0.3 is 0 Å². The number of anilines is 1. The van der Waals surface area contributed by atoms with Gasteiger partial charge in [0.2, 0.25) is 0 Å². The number of nitrogens with two attached hydrogens (primary N) is 1. The van der Waals surface area contributed by atoms with Crippen molar-refractivity contribution in [1.29, 1.82) is 0 Å². The fraction of sp³-hybridized carbons (Fsp3) is 0.0667. The minimum atomic E-state index is -0.431. The lowest BCUT2D eigenvalue weighted by Crippen LogP contribution is -2.30. The Hall–Kier alpha value is -3.04. The molecule has 0 radical (unpaired) electrons. The summed E-state index contributed by atoms with van der Waals surface area (Å²) in [6.07, 6.45) is 4.36. The molecule has 6 nitrogen and oxygen atoms in total. The first-order chi connectivity index (χ1) is 10.2. The van der Waals surface area contributed by atoms with Gasteiger partial charge in [-0.3, -0.25) is 14.6 Å². The van der Waals surface area contributed by atoms with Crippen molar-refractivity contribution in [3.05, 3.63) is 53.5 Å². The second kappa shape index (κ2) is 5.15. The molecule has 3 rings (SSSR count). The van der Waals surface area contributed by atoms with Crippen LogP contribution in [-0.2, 0) is 0 Å². The molecule has 102 valence electrons. The van der Waals surface area contributed by atoms with Gasteiger partial charge in [-0.2, -0.15) is 0 Å². The second-order valence-corrected chi connectivity index (χ2v) is 4.28. The summed E-state index contributed by atoms with van der Waals surface area (Å²) in [6, 6.07) is 4.79. The summed E-state index contributed by atoms with van der Waals surface area (Å²) in [5.74, 6) is 4.96. The summed E-state index contributed by atoms with van der Waals surface area (Å²) in [6.45, 7) is 0.232. The normalized spacial score (nSPS) is 12.9. The third kappa shape index (κ3) is 2.16. The van der Waals surface area contributed by atoms with Crippen molar-refractivity contribution < 1.29 is 9.59 Å². The predicted octanol–water partition coefficient (Wildman–Crippen LogP) is 0.587. The van der Waals surface area contributed by atoms with Gasteiger partial charge in [0.1, 0.15) is 5.82 Å². The number of pyridine rings is 2. The molecule has 0 fully saturated rings. The molecule has 0 aliphatic carbocycles. The highest BCUT2D eigenvalue weighted by atomic mass is 16.2. The van der Waals surface area contributed by atoms with Gasteiger partial charge in [-0.15, -0.1) is 0 Å². The number of amides is 2. The molecule has 3 heterocycles. The van der Waals surface area contributed by atoms with E-state index in [4.69, 9.17) is 5.73 Å². The maximum absolute atomic E-state index is 12.3. The van der Waals surface area contributed by atoms with Crippen LogP contribution in [0, 0.1) is 11.8 Å². The van der Waals surface area contributed by atoms with E-state index in [1.54, 1.807) is 12.1 Å². The number of rotatable bonds is 1. The predicted molar refractivity (Wildman–Crippen MR) is 75.5 cm³/mol. The molecule has 0 spiro atoms. The molecule has 2 amide bonds. The SMILES string of the molecule is NCC#Cc1ccnc(N2C(=O)c3ccncc3C2=O)c1. The van der Waals surface area contributed by atoms with Gasteiger partial charge in [0.05, 0.1) is 17.7 Å². The first kappa shape index (κ1) is 13.0. The molecular formula is C15H10N4O2. The third-order valence-electron chi connectivity index (χ3n) is 3.00. The van der Waals surface area contributed by atoms with Crippen LogP contribution in [0.2, 0.25) is 0 Å². The highest BCUT2D eigenvalue weighted by Gasteiger charge is 2.37. The number of carbonyl (C=O) groups excluding carboxylic acids is 2. The van der Waals surface area contributed by atoms with E-state index in [2.05, 4.69) is 21.8 Å². The van der Waals surface area contributed by atoms with Crippen LogP contribution in [0.3, 0.4) is 0 Å². The van der Waals surface area contributed by atoms with E-state index in [1.807, 2.05) is 0 Å². The maximum atomic E-state index is 12.3. The topological polar surface area (TPSA) is 89.2 Å². The average Bonchev–Trinajstić information content (AvgIpc) is 2.78. The fourth-order valence-electron chi connectivity index (χ4n) is 2.06. The first-order valence-electron chi connectivity index (χ1n) is 6.20. The van der Waals surface area contributed by atoms with Crippen molar-refractivity contribution in [3.8, 4) is 11.8 Å². The minimum absolute atomic E-state index is 0.232. The van der Waals surface area contributed by atoms with Crippen LogP contribution in [-0.4, -0.2) is 28.3 Å². The fourth-order valence-corrected chi connectivity index (χ4v) is 2.06. The molecule has 1 aliphatic rings. The highest BCUT2D eigenvalue weighted by Crippen LogP contribution is 2.26. The van der Waals surface area contributed by atoms with Crippen molar-refractivity contribution in [2.24, 2.45) is 5.73 Å². The Morgan fingerprint density at radius 3 is 2.71 bits per heavy atom. The van der Waals surface area contributed by atoms with Crippen molar-refractivity contribution in [2.75, 3.05) is 11.4 Å². The standard InChI is InChI=1S/C15H10N4O2/c16-5-1-2-10-3-7-18-13(8-10)19-14(20)11-4-6-17-9-12(11)15(19)21/h3-4,6-9H,5,16H2. The minimum Gasteiger partial charge on any atom is -0.320 e. The van der Waals surface area contributed by atoms with Gasteiger partial charge in [0.15, 0.2) is 0 Å². The smallest absolute Gasteiger partial charge is 0.268 e. The van der Waals surface area contributed by atoms with Crippen molar-refractivity contribution >= 4 is 17.6 Å². The quantitative estimate of drug-likeness (QED) is 0.609. The lowest BCUT2D eigenvalue weighted by molar-refractivity contribution is 0.0925. The largest absolute Gasteiger partial charge is 0.320 e. The van der Waals surface area contributed by atoms with E-state index in [-0.39, 0.29) is 17.9 Å². The van der Waals surface area contributed by atoms with Gasteiger partial charge in [0, 0.05) is 24.2 Å². The Balaban J connectivity index is 2.03. The summed E-state index contributed by atoms with van der Waals surface area (Å²) < 4.78 is 0. The summed E-state index contributed by atoms with van der Waals surface area (Å²) in [5, 5.41) is 0. The zero-order valence-electron chi connectivity index (χ0n) is 10.9. The molecule has 0 aromatic carbocycles. The summed E-state index contributed by atoms with van der Waals surface area (Å²) >= 11 is 0.